The minimum absolute atomic E-state index is 0.0697. The van der Waals surface area contributed by atoms with Crippen molar-refractivity contribution < 1.29 is 9.53 Å². The first-order valence-electron chi connectivity index (χ1n) is 10.6. The lowest BCUT2D eigenvalue weighted by molar-refractivity contribution is 0.0864. The van der Waals surface area contributed by atoms with Crippen molar-refractivity contribution in [2.24, 2.45) is 5.92 Å². The number of carbonyl (C=O) groups excluding carboxylic acids is 1. The third kappa shape index (κ3) is 4.48. The van der Waals surface area contributed by atoms with E-state index in [0.717, 1.165) is 42.1 Å². The first-order chi connectivity index (χ1) is 13.7. The lowest BCUT2D eigenvalue weighted by Crippen LogP contribution is -2.57. The molecule has 2 aromatic rings. The molecule has 2 aromatic carbocycles. The molecule has 0 atom stereocenters. The van der Waals surface area contributed by atoms with Gasteiger partial charge in [0.05, 0.1) is 12.2 Å². The molecule has 2 heterocycles. The molecule has 0 spiro atoms. The normalized spacial score (nSPS) is 20.6. The quantitative estimate of drug-likeness (QED) is 0.713. The molecule has 4 nitrogen and oxygen atoms in total. The van der Waals surface area contributed by atoms with Crippen molar-refractivity contribution in [3.63, 3.8) is 0 Å². The number of rotatable bonds is 4. The predicted molar refractivity (Wildman–Crippen MR) is 118 cm³/mol. The minimum Gasteiger partial charge on any atom is -0.490 e. The second-order valence-corrected chi connectivity index (χ2v) is 9.81. The van der Waals surface area contributed by atoms with E-state index in [1.54, 1.807) is 0 Å². The fraction of sp³-hybridized carbons (Fsp3) is 0.480. The van der Waals surface area contributed by atoms with Crippen molar-refractivity contribution >= 4 is 17.2 Å². The number of benzene rings is 2. The van der Waals surface area contributed by atoms with Gasteiger partial charge in [0.2, 0.25) is 0 Å². The van der Waals surface area contributed by atoms with Crippen molar-refractivity contribution in [1.29, 1.82) is 0 Å². The van der Waals surface area contributed by atoms with Crippen LogP contribution >= 0.6 is 0 Å². The van der Waals surface area contributed by atoms with Crippen LogP contribution in [0, 0.1) is 5.92 Å². The molecule has 1 saturated heterocycles. The number of Topliss-reactive ketones (excluding diaryl/α,β-unsaturated/α-hetero) is 1. The number of hydrogen-bond donors (Lipinski definition) is 1. The van der Waals surface area contributed by atoms with E-state index in [1.165, 1.54) is 0 Å². The Labute approximate surface area is 174 Å². The SMILES string of the molecule is CC1(C)CC(CC(=O)c2ccc(N3CCOc4ccccc43)cc2)CC(C)(C)N1. The highest BCUT2D eigenvalue weighted by Crippen LogP contribution is 2.37. The summed E-state index contributed by atoms with van der Waals surface area (Å²) < 4.78 is 5.75. The van der Waals surface area contributed by atoms with Gasteiger partial charge in [0.15, 0.2) is 5.78 Å². The standard InChI is InChI=1S/C25H32N2O2/c1-24(2)16-18(17-25(3,4)26-24)15-22(28)19-9-11-20(12-10-19)27-13-14-29-23-8-6-5-7-21(23)27/h5-12,18,26H,13-17H2,1-4H3. The van der Waals surface area contributed by atoms with Gasteiger partial charge < -0.3 is 15.0 Å². The molecule has 4 rings (SSSR count). The van der Waals surface area contributed by atoms with Gasteiger partial charge in [-0.3, -0.25) is 4.79 Å². The molecule has 0 bridgehead atoms. The van der Waals surface area contributed by atoms with Crippen molar-refractivity contribution in [2.75, 3.05) is 18.1 Å². The summed E-state index contributed by atoms with van der Waals surface area (Å²) in [5.74, 6) is 1.58. The zero-order chi connectivity index (χ0) is 20.6. The maximum absolute atomic E-state index is 13.0. The number of nitrogens with one attached hydrogen (secondary N) is 1. The number of hydrogen-bond acceptors (Lipinski definition) is 4. The number of anilines is 2. The molecule has 154 valence electrons. The predicted octanol–water partition coefficient (Wildman–Crippen LogP) is 5.35. The van der Waals surface area contributed by atoms with Gasteiger partial charge in [-0.1, -0.05) is 12.1 Å². The van der Waals surface area contributed by atoms with Crippen LogP contribution in [-0.2, 0) is 0 Å². The Kier molecular flexibility index (Phi) is 5.16. The second-order valence-electron chi connectivity index (χ2n) is 9.81. The van der Waals surface area contributed by atoms with Crippen LogP contribution in [0.1, 0.15) is 57.3 Å². The van der Waals surface area contributed by atoms with Crippen LogP contribution in [-0.4, -0.2) is 30.0 Å². The second kappa shape index (κ2) is 7.49. The van der Waals surface area contributed by atoms with Crippen molar-refractivity contribution in [1.82, 2.24) is 5.32 Å². The van der Waals surface area contributed by atoms with Gasteiger partial charge in [0, 0.05) is 28.7 Å². The number of ether oxygens (including phenoxy) is 1. The van der Waals surface area contributed by atoms with Crippen LogP contribution in [0.15, 0.2) is 48.5 Å². The maximum Gasteiger partial charge on any atom is 0.163 e. The maximum atomic E-state index is 13.0. The van der Waals surface area contributed by atoms with Gasteiger partial charge in [-0.15, -0.1) is 0 Å². The fourth-order valence-corrected chi connectivity index (χ4v) is 5.32. The molecule has 0 aliphatic carbocycles. The molecule has 2 aliphatic heterocycles. The van der Waals surface area contributed by atoms with Gasteiger partial charge in [0.25, 0.3) is 0 Å². The summed E-state index contributed by atoms with van der Waals surface area (Å²) in [5.41, 5.74) is 3.13. The summed E-state index contributed by atoms with van der Waals surface area (Å²) in [7, 11) is 0. The Morgan fingerprint density at radius 2 is 1.69 bits per heavy atom. The first-order valence-corrected chi connectivity index (χ1v) is 10.6. The van der Waals surface area contributed by atoms with E-state index < -0.39 is 0 Å². The number of carbonyl (C=O) groups is 1. The average molecular weight is 393 g/mol. The van der Waals surface area contributed by atoms with Crippen LogP contribution in [0.2, 0.25) is 0 Å². The lowest BCUT2D eigenvalue weighted by atomic mass is 9.74. The molecule has 1 fully saturated rings. The van der Waals surface area contributed by atoms with Crippen LogP contribution in [0.3, 0.4) is 0 Å². The third-order valence-electron chi connectivity index (χ3n) is 5.98. The summed E-state index contributed by atoms with van der Waals surface area (Å²) in [6, 6.07) is 16.2. The van der Waals surface area contributed by atoms with Gasteiger partial charge in [-0.05, 0) is 82.9 Å². The smallest absolute Gasteiger partial charge is 0.163 e. The number of fused-ring (bicyclic) bond motifs is 1. The van der Waals surface area contributed by atoms with E-state index in [9.17, 15) is 4.79 Å². The molecular formula is C25H32N2O2. The summed E-state index contributed by atoms with van der Waals surface area (Å²) in [6.07, 6.45) is 2.68. The third-order valence-corrected chi connectivity index (χ3v) is 5.98. The minimum atomic E-state index is 0.0697. The zero-order valence-electron chi connectivity index (χ0n) is 18.0. The highest BCUT2D eigenvalue weighted by molar-refractivity contribution is 5.96. The Morgan fingerprint density at radius 3 is 2.38 bits per heavy atom. The Hall–Kier alpha value is -2.33. The number of para-hydroxylation sites is 2. The van der Waals surface area contributed by atoms with Crippen LogP contribution < -0.4 is 15.0 Å². The molecule has 2 aliphatic rings. The topological polar surface area (TPSA) is 41.6 Å². The molecular weight excluding hydrogens is 360 g/mol. The number of nitrogens with zero attached hydrogens (tertiary/aromatic N) is 1. The van der Waals surface area contributed by atoms with E-state index in [4.69, 9.17) is 4.74 Å². The van der Waals surface area contributed by atoms with Crippen LogP contribution in [0.25, 0.3) is 0 Å². The van der Waals surface area contributed by atoms with Crippen molar-refractivity contribution in [3.8, 4) is 5.75 Å². The average Bonchev–Trinajstić information content (AvgIpc) is 2.65. The van der Waals surface area contributed by atoms with Gasteiger partial charge in [-0.25, -0.2) is 0 Å². The van der Waals surface area contributed by atoms with E-state index >= 15 is 0 Å². The summed E-state index contributed by atoms with van der Waals surface area (Å²) in [6.45, 7) is 10.4. The fourth-order valence-electron chi connectivity index (χ4n) is 5.32. The molecule has 29 heavy (non-hydrogen) atoms. The monoisotopic (exact) mass is 392 g/mol. The van der Waals surface area contributed by atoms with E-state index in [-0.39, 0.29) is 16.9 Å². The van der Waals surface area contributed by atoms with Crippen molar-refractivity contribution in [3.05, 3.63) is 54.1 Å². The highest BCUT2D eigenvalue weighted by atomic mass is 16.5. The number of ketones is 1. The summed E-state index contributed by atoms with van der Waals surface area (Å²) >= 11 is 0. The molecule has 1 N–H and O–H groups in total. The summed E-state index contributed by atoms with van der Waals surface area (Å²) in [5, 5.41) is 3.70. The Balaban J connectivity index is 1.47. The van der Waals surface area contributed by atoms with Crippen LogP contribution in [0.4, 0.5) is 11.4 Å². The Morgan fingerprint density at radius 1 is 1.03 bits per heavy atom. The largest absolute Gasteiger partial charge is 0.490 e. The van der Waals surface area contributed by atoms with E-state index in [1.807, 2.05) is 30.3 Å². The van der Waals surface area contributed by atoms with Gasteiger partial charge in [-0.2, -0.15) is 0 Å². The summed E-state index contributed by atoms with van der Waals surface area (Å²) in [4.78, 5) is 15.2. The Bertz CT molecular complexity index is 870. The van der Waals surface area contributed by atoms with E-state index in [0.29, 0.717) is 18.9 Å². The highest BCUT2D eigenvalue weighted by Gasteiger charge is 2.38. The molecule has 0 amide bonds. The zero-order valence-corrected chi connectivity index (χ0v) is 18.0. The van der Waals surface area contributed by atoms with Crippen molar-refractivity contribution in [2.45, 2.75) is 58.0 Å². The molecule has 0 radical (unpaired) electrons. The molecule has 4 heteroatoms. The first kappa shape index (κ1) is 20.0. The molecule has 0 unspecified atom stereocenters. The molecule has 0 aromatic heterocycles. The van der Waals surface area contributed by atoms with Gasteiger partial charge in [0.1, 0.15) is 12.4 Å². The van der Waals surface area contributed by atoms with Crippen LogP contribution in [0.5, 0.6) is 5.75 Å². The van der Waals surface area contributed by atoms with Gasteiger partial charge >= 0.3 is 0 Å². The van der Waals surface area contributed by atoms with E-state index in [2.05, 4.69) is 56.1 Å². The lowest BCUT2D eigenvalue weighted by Gasteiger charge is -2.46. The number of piperidine rings is 1. The molecule has 0 saturated carbocycles.